The van der Waals surface area contributed by atoms with Crippen LogP contribution in [-0.2, 0) is 9.47 Å². The first-order valence-corrected chi connectivity index (χ1v) is 8.66. The van der Waals surface area contributed by atoms with Crippen molar-refractivity contribution >= 4 is 0 Å². The fourth-order valence-corrected chi connectivity index (χ4v) is 2.61. The minimum atomic E-state index is -1.25. The zero-order valence-electron chi connectivity index (χ0n) is 15.3. The van der Waals surface area contributed by atoms with Crippen LogP contribution in [0.3, 0.4) is 0 Å². The normalized spacial score (nSPS) is 29.5. The van der Waals surface area contributed by atoms with Gasteiger partial charge in [0.25, 0.3) is 0 Å². The van der Waals surface area contributed by atoms with Crippen molar-refractivity contribution in [2.75, 3.05) is 19.8 Å². The van der Waals surface area contributed by atoms with Gasteiger partial charge < -0.3 is 40.0 Å². The summed E-state index contributed by atoms with van der Waals surface area (Å²) in [5.74, 6) is 0.434. The van der Waals surface area contributed by atoms with Crippen molar-refractivity contribution in [2.45, 2.75) is 57.0 Å². The first-order chi connectivity index (χ1) is 12.2. The van der Waals surface area contributed by atoms with Crippen LogP contribution in [0.2, 0.25) is 0 Å². The second-order valence-electron chi connectivity index (χ2n) is 7.33. The third kappa shape index (κ3) is 5.80. The van der Waals surface area contributed by atoms with E-state index in [9.17, 15) is 20.4 Å². The molecule has 148 valence electrons. The molecule has 0 amide bonds. The maximum absolute atomic E-state index is 10.5. The summed E-state index contributed by atoms with van der Waals surface area (Å²) in [5, 5.41) is 42.8. The number of benzene rings is 1. The first-order valence-electron chi connectivity index (χ1n) is 8.66. The largest absolute Gasteiger partial charge is 0.508 e. The van der Waals surface area contributed by atoms with E-state index in [1.165, 1.54) is 24.3 Å². The number of rotatable bonds is 7. The summed E-state index contributed by atoms with van der Waals surface area (Å²) in [5.41, 5.74) is -0.0657. The highest BCUT2D eigenvalue weighted by Gasteiger charge is 2.46. The van der Waals surface area contributed by atoms with E-state index < -0.39 is 37.3 Å². The summed E-state index contributed by atoms with van der Waals surface area (Å²) < 4.78 is 16.7. The Morgan fingerprint density at radius 1 is 1.12 bits per heavy atom. The lowest BCUT2D eigenvalue weighted by molar-refractivity contribution is -0.296. The monoisotopic (exact) mass is 371 g/mol. The van der Waals surface area contributed by atoms with E-state index in [4.69, 9.17) is 14.2 Å². The third-order valence-corrected chi connectivity index (χ3v) is 3.97. The average Bonchev–Trinajstić information content (AvgIpc) is 2.58. The Bertz CT molecular complexity index is 545. The molecular formula is C18H29NO7. The van der Waals surface area contributed by atoms with E-state index in [2.05, 4.69) is 5.32 Å². The smallest absolute Gasteiger partial charge is 0.187 e. The number of aromatic hydroxyl groups is 1. The Morgan fingerprint density at radius 2 is 1.77 bits per heavy atom. The van der Waals surface area contributed by atoms with Gasteiger partial charge >= 0.3 is 0 Å². The lowest BCUT2D eigenvalue weighted by Gasteiger charge is -2.41. The van der Waals surface area contributed by atoms with Crippen LogP contribution in [0.5, 0.6) is 11.5 Å². The number of phenolic OH excluding ortho intramolecular Hbond substituents is 1. The van der Waals surface area contributed by atoms with Gasteiger partial charge in [-0.3, -0.25) is 0 Å². The Hall–Kier alpha value is -1.42. The molecule has 2 rings (SSSR count). The van der Waals surface area contributed by atoms with Crippen molar-refractivity contribution in [3.8, 4) is 11.5 Å². The minimum absolute atomic E-state index is 0.0657. The molecule has 0 saturated carbocycles. The summed E-state index contributed by atoms with van der Waals surface area (Å²) >= 11 is 0. The van der Waals surface area contributed by atoms with Gasteiger partial charge in [-0.05, 0) is 45.0 Å². The van der Waals surface area contributed by atoms with Crippen molar-refractivity contribution in [1.29, 1.82) is 0 Å². The van der Waals surface area contributed by atoms with E-state index in [1.807, 2.05) is 20.8 Å². The van der Waals surface area contributed by atoms with Crippen molar-refractivity contribution in [3.63, 3.8) is 0 Å². The molecule has 1 aliphatic heterocycles. The van der Waals surface area contributed by atoms with Crippen LogP contribution in [0, 0.1) is 0 Å². The highest BCUT2D eigenvalue weighted by Crippen LogP contribution is 2.27. The summed E-state index contributed by atoms with van der Waals surface area (Å²) in [6.45, 7) is 6.46. The SMILES string of the molecule is CC(C)(C)NCCO[C@H]1OC(CO)[C@H](O)C(Oc2ccc(O)cc2)[C@@H]1O. The molecule has 5 atom stereocenters. The Kier molecular flexibility index (Phi) is 7.22. The molecule has 2 unspecified atom stereocenters. The summed E-state index contributed by atoms with van der Waals surface area (Å²) in [6.07, 6.45) is -5.53. The van der Waals surface area contributed by atoms with Gasteiger partial charge in [-0.2, -0.15) is 0 Å². The van der Waals surface area contributed by atoms with Crippen LogP contribution in [-0.4, -0.2) is 76.4 Å². The minimum Gasteiger partial charge on any atom is -0.508 e. The molecule has 1 aromatic rings. The summed E-state index contributed by atoms with van der Waals surface area (Å²) in [4.78, 5) is 0. The number of ether oxygens (including phenoxy) is 3. The second kappa shape index (κ2) is 8.98. The predicted molar refractivity (Wildman–Crippen MR) is 94.0 cm³/mol. The quantitative estimate of drug-likeness (QED) is 0.424. The predicted octanol–water partition coefficient (Wildman–Crippen LogP) is -0.0167. The molecule has 0 bridgehead atoms. The number of hydrogen-bond acceptors (Lipinski definition) is 8. The number of aliphatic hydroxyl groups excluding tert-OH is 3. The molecule has 0 aliphatic carbocycles. The highest BCUT2D eigenvalue weighted by molar-refractivity contribution is 5.30. The van der Waals surface area contributed by atoms with Gasteiger partial charge in [0.15, 0.2) is 12.4 Å². The van der Waals surface area contributed by atoms with Gasteiger partial charge in [0.2, 0.25) is 0 Å². The van der Waals surface area contributed by atoms with Crippen LogP contribution < -0.4 is 10.1 Å². The molecule has 0 aromatic heterocycles. The molecule has 1 fully saturated rings. The standard InChI is InChI=1S/C18H29NO7/c1-18(2,3)19-8-9-24-17-15(23)16(14(22)13(10-20)26-17)25-12-6-4-11(21)5-7-12/h4-7,13-17,19-23H,8-10H2,1-3H3/t13?,14-,15-,16?,17-/m0/s1. The molecule has 26 heavy (non-hydrogen) atoms. The van der Waals surface area contributed by atoms with Gasteiger partial charge in [-0.15, -0.1) is 0 Å². The zero-order valence-corrected chi connectivity index (χ0v) is 15.3. The highest BCUT2D eigenvalue weighted by atomic mass is 16.7. The van der Waals surface area contributed by atoms with Gasteiger partial charge in [-0.25, -0.2) is 0 Å². The van der Waals surface area contributed by atoms with Crippen LogP contribution >= 0.6 is 0 Å². The third-order valence-electron chi connectivity index (χ3n) is 3.97. The van der Waals surface area contributed by atoms with Crippen molar-refractivity contribution in [2.24, 2.45) is 0 Å². The van der Waals surface area contributed by atoms with Gasteiger partial charge in [0, 0.05) is 12.1 Å². The van der Waals surface area contributed by atoms with Crippen molar-refractivity contribution in [3.05, 3.63) is 24.3 Å². The topological polar surface area (TPSA) is 121 Å². The average molecular weight is 371 g/mol. The molecule has 8 heteroatoms. The second-order valence-corrected chi connectivity index (χ2v) is 7.33. The Balaban J connectivity index is 2.00. The van der Waals surface area contributed by atoms with Gasteiger partial charge in [-0.1, -0.05) is 0 Å². The number of aliphatic hydroxyl groups is 3. The first kappa shape index (κ1) is 20.9. The fourth-order valence-electron chi connectivity index (χ4n) is 2.61. The lowest BCUT2D eigenvalue weighted by Crippen LogP contribution is -2.61. The molecule has 8 nitrogen and oxygen atoms in total. The summed E-state index contributed by atoms with van der Waals surface area (Å²) in [7, 11) is 0. The Labute approximate surface area is 153 Å². The van der Waals surface area contributed by atoms with Crippen molar-refractivity contribution in [1.82, 2.24) is 5.32 Å². The van der Waals surface area contributed by atoms with Crippen LogP contribution in [0.15, 0.2) is 24.3 Å². The van der Waals surface area contributed by atoms with Crippen LogP contribution in [0.25, 0.3) is 0 Å². The van der Waals surface area contributed by atoms with Crippen molar-refractivity contribution < 1.29 is 34.6 Å². The van der Waals surface area contributed by atoms with E-state index in [0.29, 0.717) is 12.3 Å². The maximum atomic E-state index is 10.5. The fraction of sp³-hybridized carbons (Fsp3) is 0.667. The van der Waals surface area contributed by atoms with E-state index in [-0.39, 0.29) is 17.9 Å². The zero-order chi connectivity index (χ0) is 19.3. The molecule has 1 saturated heterocycles. The van der Waals surface area contributed by atoms with E-state index in [1.54, 1.807) is 0 Å². The Morgan fingerprint density at radius 3 is 2.35 bits per heavy atom. The molecule has 0 spiro atoms. The van der Waals surface area contributed by atoms with Gasteiger partial charge in [0.05, 0.1) is 13.2 Å². The summed E-state index contributed by atoms with van der Waals surface area (Å²) in [6, 6.07) is 5.90. The molecule has 5 N–H and O–H groups in total. The van der Waals surface area contributed by atoms with Gasteiger partial charge in [0.1, 0.15) is 29.8 Å². The molecule has 1 heterocycles. The van der Waals surface area contributed by atoms with Crippen LogP contribution in [0.1, 0.15) is 20.8 Å². The molecule has 1 aliphatic rings. The molecule has 0 radical (unpaired) electrons. The van der Waals surface area contributed by atoms with Crippen LogP contribution in [0.4, 0.5) is 0 Å². The lowest BCUT2D eigenvalue weighted by atomic mass is 9.99. The number of phenols is 1. The maximum Gasteiger partial charge on any atom is 0.187 e. The number of hydrogen-bond donors (Lipinski definition) is 5. The van der Waals surface area contributed by atoms with E-state index >= 15 is 0 Å². The molecule has 1 aromatic carbocycles. The van der Waals surface area contributed by atoms with E-state index in [0.717, 1.165) is 0 Å². The number of nitrogens with one attached hydrogen (secondary N) is 1. The molecular weight excluding hydrogens is 342 g/mol.